The van der Waals surface area contributed by atoms with Crippen molar-refractivity contribution in [2.45, 2.75) is 5.16 Å². The molecule has 1 aromatic heterocycles. The van der Waals surface area contributed by atoms with Crippen LogP contribution < -0.4 is 0 Å². The Morgan fingerprint density at radius 2 is 2.07 bits per heavy atom. The van der Waals surface area contributed by atoms with Gasteiger partial charge in [-0.1, -0.05) is 11.8 Å². The number of carbonyl (C=O) groups excluding carboxylic acids is 1. The van der Waals surface area contributed by atoms with Crippen molar-refractivity contribution in [3.63, 3.8) is 0 Å². The van der Waals surface area contributed by atoms with Crippen molar-refractivity contribution in [3.8, 4) is 0 Å². The Kier molecular flexibility index (Phi) is 3.84. The monoisotopic (exact) mass is 213 g/mol. The van der Waals surface area contributed by atoms with Crippen molar-refractivity contribution < 1.29 is 9.63 Å². The Hall–Kier alpha value is -1.14. The summed E-state index contributed by atoms with van der Waals surface area (Å²) in [6, 6.07) is 0. The Bertz CT molecular complexity index is 315. The average molecular weight is 213 g/mol. The van der Waals surface area contributed by atoms with E-state index >= 15 is 0 Å². The van der Waals surface area contributed by atoms with Crippen LogP contribution in [0.15, 0.2) is 17.6 Å². The van der Waals surface area contributed by atoms with Gasteiger partial charge < -0.3 is 0 Å². The number of nitrogens with zero attached hydrogens (tertiary/aromatic N) is 3. The van der Waals surface area contributed by atoms with Gasteiger partial charge in [-0.15, -0.1) is 0 Å². The Morgan fingerprint density at radius 1 is 1.50 bits per heavy atom. The number of hydroxylamine groups is 2. The molecule has 0 spiro atoms. The minimum atomic E-state index is -0.264. The van der Waals surface area contributed by atoms with Gasteiger partial charge in [-0.3, -0.25) is 9.63 Å². The minimum absolute atomic E-state index is 0.264. The summed E-state index contributed by atoms with van der Waals surface area (Å²) in [5.41, 5.74) is 0.409. The molecule has 0 aliphatic heterocycles. The summed E-state index contributed by atoms with van der Waals surface area (Å²) in [7, 11) is 2.96. The molecule has 0 aliphatic rings. The van der Waals surface area contributed by atoms with E-state index in [2.05, 4.69) is 9.97 Å². The normalized spacial score (nSPS) is 9.93. The van der Waals surface area contributed by atoms with Gasteiger partial charge in [-0.05, 0) is 6.26 Å². The molecule has 5 nitrogen and oxygen atoms in total. The summed E-state index contributed by atoms with van der Waals surface area (Å²) in [5, 5.41) is 1.76. The first kappa shape index (κ1) is 10.9. The van der Waals surface area contributed by atoms with E-state index in [0.29, 0.717) is 10.7 Å². The van der Waals surface area contributed by atoms with Crippen LogP contribution >= 0.6 is 11.8 Å². The first-order valence-electron chi connectivity index (χ1n) is 3.87. The highest BCUT2D eigenvalue weighted by molar-refractivity contribution is 7.98. The zero-order valence-corrected chi connectivity index (χ0v) is 9.04. The van der Waals surface area contributed by atoms with Gasteiger partial charge >= 0.3 is 0 Å². The molecule has 0 radical (unpaired) electrons. The number of carbonyl (C=O) groups is 1. The highest BCUT2D eigenvalue weighted by Gasteiger charge is 2.11. The number of hydrogen-bond donors (Lipinski definition) is 0. The topological polar surface area (TPSA) is 55.3 Å². The third kappa shape index (κ3) is 2.43. The highest BCUT2D eigenvalue weighted by atomic mass is 32.2. The lowest BCUT2D eigenvalue weighted by atomic mass is 10.3. The molecule has 1 rings (SSSR count). The van der Waals surface area contributed by atoms with Crippen LogP contribution in [0.4, 0.5) is 0 Å². The van der Waals surface area contributed by atoms with Gasteiger partial charge in [0.1, 0.15) is 0 Å². The predicted octanol–water partition coefficient (Wildman–Crippen LogP) is 0.832. The van der Waals surface area contributed by atoms with Crippen LogP contribution in [0.5, 0.6) is 0 Å². The number of amides is 1. The molecule has 76 valence electrons. The lowest BCUT2D eigenvalue weighted by Gasteiger charge is -2.12. The maximum atomic E-state index is 11.5. The van der Waals surface area contributed by atoms with Crippen LogP contribution in [0.25, 0.3) is 0 Å². The molecule has 0 saturated heterocycles. The van der Waals surface area contributed by atoms with E-state index < -0.39 is 0 Å². The Morgan fingerprint density at radius 3 is 2.50 bits per heavy atom. The molecular formula is C8H11N3O2S. The zero-order valence-electron chi connectivity index (χ0n) is 8.22. The van der Waals surface area contributed by atoms with Gasteiger partial charge in [0.2, 0.25) is 0 Å². The van der Waals surface area contributed by atoms with Gasteiger partial charge in [-0.25, -0.2) is 15.0 Å². The van der Waals surface area contributed by atoms with E-state index in [1.54, 1.807) is 0 Å². The largest absolute Gasteiger partial charge is 0.280 e. The molecule has 0 fully saturated rings. The van der Waals surface area contributed by atoms with Crippen molar-refractivity contribution in [3.05, 3.63) is 18.0 Å². The van der Waals surface area contributed by atoms with Crippen molar-refractivity contribution in [2.24, 2.45) is 0 Å². The van der Waals surface area contributed by atoms with Crippen molar-refractivity contribution in [1.29, 1.82) is 0 Å². The molecular weight excluding hydrogens is 202 g/mol. The maximum absolute atomic E-state index is 11.5. The summed E-state index contributed by atoms with van der Waals surface area (Å²) in [5.74, 6) is -0.264. The summed E-state index contributed by atoms with van der Waals surface area (Å²) in [4.78, 5) is 24.2. The quantitative estimate of drug-likeness (QED) is 0.423. The lowest BCUT2D eigenvalue weighted by molar-refractivity contribution is -0.0757. The average Bonchev–Trinajstić information content (AvgIpc) is 2.27. The van der Waals surface area contributed by atoms with E-state index in [1.165, 1.54) is 38.3 Å². The van der Waals surface area contributed by atoms with E-state index in [4.69, 9.17) is 4.84 Å². The molecule has 0 saturated carbocycles. The zero-order chi connectivity index (χ0) is 10.6. The summed E-state index contributed by atoms with van der Waals surface area (Å²) >= 11 is 1.42. The van der Waals surface area contributed by atoms with Gasteiger partial charge in [0.15, 0.2) is 5.16 Å². The van der Waals surface area contributed by atoms with Gasteiger partial charge in [0.25, 0.3) is 5.91 Å². The van der Waals surface area contributed by atoms with E-state index in [-0.39, 0.29) is 5.91 Å². The van der Waals surface area contributed by atoms with E-state index in [1.807, 2.05) is 6.26 Å². The lowest BCUT2D eigenvalue weighted by Crippen LogP contribution is -2.25. The maximum Gasteiger partial charge on any atom is 0.280 e. The molecule has 14 heavy (non-hydrogen) atoms. The second-order valence-corrected chi connectivity index (χ2v) is 3.22. The molecule has 0 N–H and O–H groups in total. The molecule has 1 amide bonds. The number of thioether (sulfide) groups is 1. The fraction of sp³-hybridized carbons (Fsp3) is 0.375. The van der Waals surface area contributed by atoms with Gasteiger partial charge in [0, 0.05) is 19.4 Å². The fourth-order valence-electron chi connectivity index (χ4n) is 0.797. The standard InChI is InChI=1S/C8H11N3O2S/c1-11(13-2)7(12)6-4-9-8(14-3)10-5-6/h4-5H,1-3H3. The fourth-order valence-corrected chi connectivity index (χ4v) is 1.11. The summed E-state index contributed by atoms with van der Waals surface area (Å²) in [6.07, 6.45) is 4.84. The molecule has 0 unspecified atom stereocenters. The second kappa shape index (κ2) is 4.92. The minimum Gasteiger partial charge on any atom is -0.274 e. The van der Waals surface area contributed by atoms with E-state index in [0.717, 1.165) is 5.06 Å². The number of rotatable bonds is 3. The highest BCUT2D eigenvalue weighted by Crippen LogP contribution is 2.08. The Balaban J connectivity index is 2.81. The predicted molar refractivity (Wildman–Crippen MR) is 52.9 cm³/mol. The van der Waals surface area contributed by atoms with Gasteiger partial charge in [0.05, 0.1) is 12.7 Å². The summed E-state index contributed by atoms with van der Waals surface area (Å²) < 4.78 is 0. The third-order valence-corrected chi connectivity index (χ3v) is 2.19. The van der Waals surface area contributed by atoms with Gasteiger partial charge in [-0.2, -0.15) is 0 Å². The smallest absolute Gasteiger partial charge is 0.274 e. The first-order chi connectivity index (χ1) is 6.69. The summed E-state index contributed by atoms with van der Waals surface area (Å²) in [6.45, 7) is 0. The molecule has 6 heteroatoms. The SMILES string of the molecule is CON(C)C(=O)c1cnc(SC)nc1. The number of hydrogen-bond acceptors (Lipinski definition) is 5. The first-order valence-corrected chi connectivity index (χ1v) is 5.09. The van der Waals surface area contributed by atoms with Crippen LogP contribution in [-0.2, 0) is 4.84 Å². The molecule has 0 aromatic carbocycles. The van der Waals surface area contributed by atoms with Crippen LogP contribution in [0.1, 0.15) is 10.4 Å². The molecule has 0 bridgehead atoms. The molecule has 1 heterocycles. The Labute approximate surface area is 86.4 Å². The van der Waals surface area contributed by atoms with Crippen molar-refractivity contribution >= 4 is 17.7 Å². The third-order valence-electron chi connectivity index (χ3n) is 1.62. The second-order valence-electron chi connectivity index (χ2n) is 2.44. The molecule has 0 aliphatic carbocycles. The van der Waals surface area contributed by atoms with Crippen LogP contribution in [0.3, 0.4) is 0 Å². The van der Waals surface area contributed by atoms with Crippen molar-refractivity contribution in [2.75, 3.05) is 20.4 Å². The molecule has 0 atom stereocenters. The van der Waals surface area contributed by atoms with E-state index in [9.17, 15) is 4.79 Å². The molecule has 1 aromatic rings. The van der Waals surface area contributed by atoms with Crippen molar-refractivity contribution in [1.82, 2.24) is 15.0 Å². The van der Waals surface area contributed by atoms with Crippen LogP contribution in [0.2, 0.25) is 0 Å². The van der Waals surface area contributed by atoms with Crippen LogP contribution in [-0.4, -0.2) is 41.4 Å². The number of aromatic nitrogens is 2. The van der Waals surface area contributed by atoms with Crippen LogP contribution in [0, 0.1) is 0 Å².